The van der Waals surface area contributed by atoms with Crippen molar-refractivity contribution in [2.24, 2.45) is 5.73 Å². The van der Waals surface area contributed by atoms with Crippen molar-refractivity contribution in [3.8, 4) is 0 Å². The number of urea groups is 1. The van der Waals surface area contributed by atoms with Crippen LogP contribution in [-0.2, 0) is 4.74 Å². The van der Waals surface area contributed by atoms with E-state index >= 15 is 0 Å². The predicted molar refractivity (Wildman–Crippen MR) is 72.5 cm³/mol. The first-order valence-corrected chi connectivity index (χ1v) is 5.96. The average molecular weight is 251 g/mol. The number of carbonyl (C=O) groups is 1. The van der Waals surface area contributed by atoms with Gasteiger partial charge in [0.05, 0.1) is 6.10 Å². The molecule has 1 aromatic rings. The smallest absolute Gasteiger partial charge is 0.319 e. The highest BCUT2D eigenvalue weighted by Crippen LogP contribution is 2.15. The molecule has 18 heavy (non-hydrogen) atoms. The minimum Gasteiger partial charge on any atom is -0.380 e. The Morgan fingerprint density at radius 1 is 1.44 bits per heavy atom. The van der Waals surface area contributed by atoms with Crippen molar-refractivity contribution >= 4 is 11.7 Å². The maximum Gasteiger partial charge on any atom is 0.319 e. The van der Waals surface area contributed by atoms with Crippen LogP contribution in [0.1, 0.15) is 25.5 Å². The van der Waals surface area contributed by atoms with Crippen LogP contribution in [0.15, 0.2) is 24.3 Å². The number of rotatable bonds is 5. The lowest BCUT2D eigenvalue weighted by Crippen LogP contribution is -2.34. The molecule has 1 aromatic carbocycles. The third kappa shape index (κ3) is 4.73. The van der Waals surface area contributed by atoms with Crippen LogP contribution in [0.5, 0.6) is 0 Å². The molecule has 5 nitrogen and oxygen atoms in total. The van der Waals surface area contributed by atoms with E-state index in [0.717, 1.165) is 11.3 Å². The van der Waals surface area contributed by atoms with Gasteiger partial charge >= 0.3 is 6.03 Å². The molecule has 2 amide bonds. The van der Waals surface area contributed by atoms with Crippen LogP contribution in [0, 0.1) is 0 Å². The SMILES string of the molecule is COC(C)CNC(=O)Nc1cccc(C(C)N)c1. The summed E-state index contributed by atoms with van der Waals surface area (Å²) in [5.74, 6) is 0. The lowest BCUT2D eigenvalue weighted by atomic mass is 10.1. The van der Waals surface area contributed by atoms with Gasteiger partial charge < -0.3 is 21.1 Å². The summed E-state index contributed by atoms with van der Waals surface area (Å²) in [6.45, 7) is 4.26. The van der Waals surface area contributed by atoms with Gasteiger partial charge in [0.25, 0.3) is 0 Å². The number of amides is 2. The van der Waals surface area contributed by atoms with Gasteiger partial charge in [-0.15, -0.1) is 0 Å². The number of anilines is 1. The molecule has 100 valence electrons. The number of carbonyl (C=O) groups excluding carboxylic acids is 1. The van der Waals surface area contributed by atoms with Gasteiger partial charge in [0.1, 0.15) is 0 Å². The van der Waals surface area contributed by atoms with Crippen LogP contribution in [0.4, 0.5) is 10.5 Å². The Morgan fingerprint density at radius 3 is 2.78 bits per heavy atom. The van der Waals surface area contributed by atoms with E-state index in [-0.39, 0.29) is 18.2 Å². The standard InChI is InChI=1S/C13H21N3O2/c1-9(18-3)8-15-13(17)16-12-6-4-5-11(7-12)10(2)14/h4-7,9-10H,8,14H2,1-3H3,(H2,15,16,17). The highest BCUT2D eigenvalue weighted by Gasteiger charge is 2.05. The number of benzene rings is 1. The second-order valence-corrected chi connectivity index (χ2v) is 4.30. The highest BCUT2D eigenvalue weighted by molar-refractivity contribution is 5.89. The zero-order chi connectivity index (χ0) is 13.5. The first kappa shape index (κ1) is 14.5. The fourth-order valence-electron chi connectivity index (χ4n) is 1.39. The molecule has 0 aliphatic heterocycles. The Labute approximate surface area is 108 Å². The van der Waals surface area contributed by atoms with Gasteiger partial charge in [0.15, 0.2) is 0 Å². The summed E-state index contributed by atoms with van der Waals surface area (Å²) in [7, 11) is 1.61. The van der Waals surface area contributed by atoms with Crippen LogP contribution in [0.3, 0.4) is 0 Å². The third-order valence-corrected chi connectivity index (χ3v) is 2.62. The number of nitrogens with two attached hydrogens (primary N) is 1. The number of methoxy groups -OCH3 is 1. The van der Waals surface area contributed by atoms with E-state index in [0.29, 0.717) is 6.54 Å². The molecular formula is C13H21N3O2. The normalized spacial score (nSPS) is 13.8. The monoisotopic (exact) mass is 251 g/mol. The van der Waals surface area contributed by atoms with Crippen molar-refractivity contribution in [2.45, 2.75) is 26.0 Å². The van der Waals surface area contributed by atoms with Gasteiger partial charge in [-0.25, -0.2) is 4.79 Å². The molecule has 0 fully saturated rings. The number of nitrogens with one attached hydrogen (secondary N) is 2. The molecular weight excluding hydrogens is 230 g/mol. The quantitative estimate of drug-likeness (QED) is 0.747. The van der Waals surface area contributed by atoms with E-state index in [1.165, 1.54) is 0 Å². The first-order chi connectivity index (χ1) is 8.52. The molecule has 4 N–H and O–H groups in total. The predicted octanol–water partition coefficient (Wildman–Crippen LogP) is 1.86. The van der Waals surface area contributed by atoms with Crippen LogP contribution in [0.2, 0.25) is 0 Å². The van der Waals surface area contributed by atoms with Crippen LogP contribution in [0.25, 0.3) is 0 Å². The molecule has 0 radical (unpaired) electrons. The summed E-state index contributed by atoms with van der Waals surface area (Å²) in [5, 5.41) is 5.48. The third-order valence-electron chi connectivity index (χ3n) is 2.62. The molecule has 1 rings (SSSR count). The van der Waals surface area contributed by atoms with Crippen molar-refractivity contribution in [1.29, 1.82) is 0 Å². The highest BCUT2D eigenvalue weighted by atomic mass is 16.5. The molecule has 0 bridgehead atoms. The largest absolute Gasteiger partial charge is 0.380 e. The summed E-state index contributed by atoms with van der Waals surface area (Å²) in [6.07, 6.45) is -0.00820. The van der Waals surface area contributed by atoms with Gasteiger partial charge in [0.2, 0.25) is 0 Å². The van der Waals surface area contributed by atoms with Crippen molar-refractivity contribution < 1.29 is 9.53 Å². The van der Waals surface area contributed by atoms with Crippen molar-refractivity contribution in [3.63, 3.8) is 0 Å². The molecule has 2 atom stereocenters. The number of hydrogen-bond acceptors (Lipinski definition) is 3. The van der Waals surface area contributed by atoms with E-state index in [9.17, 15) is 4.79 Å². The molecule has 0 aromatic heterocycles. The zero-order valence-corrected chi connectivity index (χ0v) is 11.1. The van der Waals surface area contributed by atoms with E-state index < -0.39 is 0 Å². The van der Waals surface area contributed by atoms with Crippen molar-refractivity contribution in [3.05, 3.63) is 29.8 Å². The lowest BCUT2D eigenvalue weighted by molar-refractivity contribution is 0.119. The van der Waals surface area contributed by atoms with Gasteiger partial charge in [-0.05, 0) is 31.5 Å². The second kappa shape index (κ2) is 6.98. The minimum atomic E-state index is -0.249. The van der Waals surface area contributed by atoms with Gasteiger partial charge in [-0.2, -0.15) is 0 Å². The summed E-state index contributed by atoms with van der Waals surface area (Å²) >= 11 is 0. The van der Waals surface area contributed by atoms with E-state index in [1.807, 2.05) is 38.1 Å². The van der Waals surface area contributed by atoms with Crippen LogP contribution >= 0.6 is 0 Å². The summed E-state index contributed by atoms with van der Waals surface area (Å²) in [6, 6.07) is 7.19. The summed E-state index contributed by atoms with van der Waals surface area (Å²) < 4.78 is 5.04. The minimum absolute atomic E-state index is 0.00820. The summed E-state index contributed by atoms with van der Waals surface area (Å²) in [5.41, 5.74) is 7.50. The van der Waals surface area contributed by atoms with Crippen LogP contribution < -0.4 is 16.4 Å². The first-order valence-electron chi connectivity index (χ1n) is 5.96. The molecule has 0 saturated heterocycles. The molecule has 0 spiro atoms. The molecule has 0 saturated carbocycles. The fourth-order valence-corrected chi connectivity index (χ4v) is 1.39. The molecule has 0 aliphatic carbocycles. The van der Waals surface area contributed by atoms with E-state index in [4.69, 9.17) is 10.5 Å². The van der Waals surface area contributed by atoms with Crippen LogP contribution in [-0.4, -0.2) is 25.8 Å². The summed E-state index contributed by atoms with van der Waals surface area (Å²) in [4.78, 5) is 11.6. The Hall–Kier alpha value is -1.59. The van der Waals surface area contributed by atoms with E-state index in [1.54, 1.807) is 7.11 Å². The topological polar surface area (TPSA) is 76.4 Å². The van der Waals surface area contributed by atoms with Crippen molar-refractivity contribution in [2.75, 3.05) is 19.0 Å². The second-order valence-electron chi connectivity index (χ2n) is 4.30. The lowest BCUT2D eigenvalue weighted by Gasteiger charge is -2.13. The maximum atomic E-state index is 11.6. The Bertz CT molecular complexity index is 394. The Balaban J connectivity index is 2.51. The number of ether oxygens (including phenoxy) is 1. The zero-order valence-electron chi connectivity index (χ0n) is 11.1. The Morgan fingerprint density at radius 2 is 2.17 bits per heavy atom. The molecule has 5 heteroatoms. The fraction of sp³-hybridized carbons (Fsp3) is 0.462. The van der Waals surface area contributed by atoms with E-state index in [2.05, 4.69) is 10.6 Å². The number of hydrogen-bond donors (Lipinski definition) is 3. The van der Waals surface area contributed by atoms with Gasteiger partial charge in [-0.1, -0.05) is 12.1 Å². The van der Waals surface area contributed by atoms with Gasteiger partial charge in [-0.3, -0.25) is 0 Å². The molecule has 0 heterocycles. The van der Waals surface area contributed by atoms with Gasteiger partial charge in [0, 0.05) is 25.4 Å². The molecule has 0 aliphatic rings. The Kier molecular flexibility index (Phi) is 5.61. The average Bonchev–Trinajstić information content (AvgIpc) is 2.36. The van der Waals surface area contributed by atoms with Crippen molar-refractivity contribution in [1.82, 2.24) is 5.32 Å². The molecule has 2 unspecified atom stereocenters. The maximum absolute atomic E-state index is 11.6.